The van der Waals surface area contributed by atoms with E-state index in [0.717, 1.165) is 0 Å². The molecule has 0 aliphatic carbocycles. The maximum absolute atomic E-state index is 10.9. The Morgan fingerprint density at radius 3 is 2.82 bits per heavy atom. The topological polar surface area (TPSA) is 97.5 Å². The van der Waals surface area contributed by atoms with Gasteiger partial charge in [-0.25, -0.2) is 0 Å². The molecule has 1 aromatic rings. The van der Waals surface area contributed by atoms with Crippen LogP contribution in [0, 0.1) is 15.5 Å². The number of nitrogens with zero attached hydrogens (tertiary/aromatic N) is 1. The molecule has 1 aromatic carbocycles. The van der Waals surface area contributed by atoms with Gasteiger partial charge < -0.3 is 5.32 Å². The number of benzene rings is 1. The standard InChI is InChI=1S/C10H9N3O4/c1-5-16-10(17-5)6-3-2-4-7(13(14)15)8(6)9(11)12-10/h2-5H,1H3,(H2,11,12). The fourth-order valence-corrected chi connectivity index (χ4v) is 2.19. The second kappa shape index (κ2) is 3.02. The molecule has 1 spiro atoms. The summed E-state index contributed by atoms with van der Waals surface area (Å²) in [6.07, 6.45) is -0.388. The van der Waals surface area contributed by atoms with Crippen LogP contribution in [0.15, 0.2) is 18.2 Å². The van der Waals surface area contributed by atoms with E-state index < -0.39 is 10.8 Å². The van der Waals surface area contributed by atoms with E-state index in [1.165, 1.54) is 6.07 Å². The smallest absolute Gasteiger partial charge is 0.284 e. The molecule has 3 rings (SSSR count). The lowest BCUT2D eigenvalue weighted by Crippen LogP contribution is -2.57. The molecular weight excluding hydrogens is 226 g/mol. The van der Waals surface area contributed by atoms with Gasteiger partial charge in [0.1, 0.15) is 11.4 Å². The zero-order valence-corrected chi connectivity index (χ0v) is 8.89. The summed E-state index contributed by atoms with van der Waals surface area (Å²) in [5, 5.41) is 21.3. The van der Waals surface area contributed by atoms with Crippen LogP contribution in [0.4, 0.5) is 5.69 Å². The molecule has 0 bridgehead atoms. The summed E-state index contributed by atoms with van der Waals surface area (Å²) in [7, 11) is 0. The maximum Gasteiger partial charge on any atom is 0.284 e. The van der Waals surface area contributed by atoms with Crippen LogP contribution in [0.1, 0.15) is 18.1 Å². The predicted octanol–water partition coefficient (Wildman–Crippen LogP) is 1.03. The Hall–Kier alpha value is -1.99. The van der Waals surface area contributed by atoms with Crippen molar-refractivity contribution in [2.45, 2.75) is 19.1 Å². The quantitative estimate of drug-likeness (QED) is 0.559. The van der Waals surface area contributed by atoms with E-state index in [9.17, 15) is 10.1 Å². The number of nitro benzene ring substituents is 1. The second-order valence-electron chi connectivity index (χ2n) is 3.88. The van der Waals surface area contributed by atoms with Crippen LogP contribution in [-0.4, -0.2) is 17.0 Å². The molecule has 2 heterocycles. The average molecular weight is 235 g/mol. The highest BCUT2D eigenvalue weighted by Crippen LogP contribution is 2.44. The van der Waals surface area contributed by atoms with Gasteiger partial charge in [0.2, 0.25) is 0 Å². The van der Waals surface area contributed by atoms with Crippen LogP contribution in [0.25, 0.3) is 0 Å². The largest absolute Gasteiger partial charge is 0.315 e. The lowest BCUT2D eigenvalue weighted by Gasteiger charge is -2.43. The molecule has 2 aliphatic rings. The third-order valence-electron chi connectivity index (χ3n) is 2.80. The summed E-state index contributed by atoms with van der Waals surface area (Å²) in [4.78, 5) is 10.4. The zero-order chi connectivity index (χ0) is 12.2. The number of nitro groups is 1. The summed E-state index contributed by atoms with van der Waals surface area (Å²) in [6, 6.07) is 4.56. The Labute approximate surface area is 96.0 Å². The van der Waals surface area contributed by atoms with E-state index in [1.807, 2.05) is 0 Å². The third-order valence-corrected chi connectivity index (χ3v) is 2.80. The Kier molecular flexibility index (Phi) is 1.81. The van der Waals surface area contributed by atoms with E-state index in [1.54, 1.807) is 19.1 Å². The monoisotopic (exact) mass is 235 g/mol. The van der Waals surface area contributed by atoms with Crippen molar-refractivity contribution < 1.29 is 14.4 Å². The molecule has 2 aliphatic heterocycles. The summed E-state index contributed by atoms with van der Waals surface area (Å²) < 4.78 is 10.8. The number of ether oxygens (including phenoxy) is 2. The molecule has 1 saturated heterocycles. The van der Waals surface area contributed by atoms with Crippen molar-refractivity contribution in [3.8, 4) is 0 Å². The lowest BCUT2D eigenvalue weighted by molar-refractivity contribution is -0.461. The van der Waals surface area contributed by atoms with Gasteiger partial charge in [-0.15, -0.1) is 0 Å². The molecule has 88 valence electrons. The van der Waals surface area contributed by atoms with Crippen molar-refractivity contribution in [1.82, 2.24) is 5.32 Å². The summed E-state index contributed by atoms with van der Waals surface area (Å²) in [5.74, 6) is -1.27. The first kappa shape index (κ1) is 10.2. The minimum absolute atomic E-state index is 0.0563. The Morgan fingerprint density at radius 2 is 2.24 bits per heavy atom. The van der Waals surface area contributed by atoms with Crippen molar-refractivity contribution in [2.24, 2.45) is 0 Å². The number of fused-ring (bicyclic) bond motifs is 2. The Morgan fingerprint density at radius 1 is 1.53 bits per heavy atom. The molecule has 0 aromatic heterocycles. The van der Waals surface area contributed by atoms with Crippen LogP contribution in [0.2, 0.25) is 0 Å². The molecule has 0 saturated carbocycles. The highest BCUT2D eigenvalue weighted by Gasteiger charge is 2.55. The fraction of sp³-hybridized carbons (Fsp3) is 0.300. The lowest BCUT2D eigenvalue weighted by atomic mass is 10.1. The van der Waals surface area contributed by atoms with Gasteiger partial charge in [0.15, 0.2) is 6.29 Å². The van der Waals surface area contributed by atoms with Crippen LogP contribution in [0.3, 0.4) is 0 Å². The van der Waals surface area contributed by atoms with Gasteiger partial charge in [-0.3, -0.25) is 25.0 Å². The van der Waals surface area contributed by atoms with E-state index in [2.05, 4.69) is 5.32 Å². The van der Waals surface area contributed by atoms with Gasteiger partial charge in [-0.1, -0.05) is 12.1 Å². The van der Waals surface area contributed by atoms with Crippen molar-refractivity contribution in [2.75, 3.05) is 0 Å². The number of hydrogen-bond acceptors (Lipinski definition) is 5. The molecule has 7 nitrogen and oxygen atoms in total. The van der Waals surface area contributed by atoms with Gasteiger partial charge in [0.25, 0.3) is 11.6 Å². The summed E-state index contributed by atoms with van der Waals surface area (Å²) in [6.45, 7) is 1.71. The van der Waals surface area contributed by atoms with E-state index in [0.29, 0.717) is 5.56 Å². The first-order chi connectivity index (χ1) is 8.03. The van der Waals surface area contributed by atoms with Crippen LogP contribution >= 0.6 is 0 Å². The van der Waals surface area contributed by atoms with E-state index in [4.69, 9.17) is 14.9 Å². The van der Waals surface area contributed by atoms with Gasteiger partial charge in [0.05, 0.1) is 10.5 Å². The van der Waals surface area contributed by atoms with Gasteiger partial charge in [-0.2, -0.15) is 0 Å². The van der Waals surface area contributed by atoms with E-state index >= 15 is 0 Å². The Bertz CT molecular complexity index is 536. The predicted molar refractivity (Wildman–Crippen MR) is 56.4 cm³/mol. The average Bonchev–Trinajstić information content (AvgIpc) is 2.52. The maximum atomic E-state index is 10.9. The van der Waals surface area contributed by atoms with Crippen LogP contribution < -0.4 is 5.32 Å². The van der Waals surface area contributed by atoms with Crippen LogP contribution in [-0.2, 0) is 15.4 Å². The second-order valence-corrected chi connectivity index (χ2v) is 3.88. The third kappa shape index (κ3) is 1.20. The molecule has 7 heteroatoms. The first-order valence-electron chi connectivity index (χ1n) is 5.04. The highest BCUT2D eigenvalue weighted by molar-refractivity contribution is 6.04. The molecule has 0 radical (unpaired) electrons. The Balaban J connectivity index is 2.17. The van der Waals surface area contributed by atoms with E-state index in [-0.39, 0.29) is 23.4 Å². The van der Waals surface area contributed by atoms with Crippen molar-refractivity contribution in [1.29, 1.82) is 5.41 Å². The van der Waals surface area contributed by atoms with Gasteiger partial charge in [-0.05, 0) is 6.92 Å². The summed E-state index contributed by atoms with van der Waals surface area (Å²) in [5.41, 5.74) is 0.586. The van der Waals surface area contributed by atoms with Crippen molar-refractivity contribution >= 4 is 11.5 Å². The molecule has 17 heavy (non-hydrogen) atoms. The number of amidine groups is 1. The van der Waals surface area contributed by atoms with Crippen molar-refractivity contribution in [3.63, 3.8) is 0 Å². The summed E-state index contributed by atoms with van der Waals surface area (Å²) >= 11 is 0. The highest BCUT2D eigenvalue weighted by atomic mass is 16.9. The molecule has 1 fully saturated rings. The molecule has 0 unspecified atom stereocenters. The normalized spacial score (nSPS) is 29.7. The first-order valence-corrected chi connectivity index (χ1v) is 5.04. The fourth-order valence-electron chi connectivity index (χ4n) is 2.19. The SMILES string of the molecule is CC1OC2(NC(=N)c3c([N+](=O)[O-])cccc32)O1. The minimum atomic E-state index is -1.21. The molecular formula is C10H9N3O4. The zero-order valence-electron chi connectivity index (χ0n) is 8.89. The van der Waals surface area contributed by atoms with Gasteiger partial charge >= 0.3 is 0 Å². The minimum Gasteiger partial charge on any atom is -0.315 e. The van der Waals surface area contributed by atoms with Crippen LogP contribution in [0.5, 0.6) is 0 Å². The van der Waals surface area contributed by atoms with Gasteiger partial charge in [0, 0.05) is 6.07 Å². The number of hydrogen-bond donors (Lipinski definition) is 2. The molecule has 0 amide bonds. The number of rotatable bonds is 1. The number of nitrogens with one attached hydrogen (secondary N) is 2. The molecule has 0 atom stereocenters. The van der Waals surface area contributed by atoms with Crippen molar-refractivity contribution in [3.05, 3.63) is 39.4 Å². The molecule has 2 N–H and O–H groups in total.